The maximum Gasteiger partial charge on any atom is 0.416 e. The number of morpholine rings is 1. The second kappa shape index (κ2) is 52.7. The van der Waals surface area contributed by atoms with Gasteiger partial charge < -0.3 is 51.0 Å². The molecule has 0 aliphatic carbocycles. The zero-order chi connectivity index (χ0) is 112. The molecule has 50 heteroatoms. The molecule has 0 atom stereocenters. The van der Waals surface area contributed by atoms with E-state index in [9.17, 15) is 109 Å². The monoisotopic (exact) mass is 2180 g/mol. The number of nitrogens with two attached hydrogens (primary N) is 1. The van der Waals surface area contributed by atoms with E-state index in [0.717, 1.165) is 37.3 Å². The number of piperazine rings is 2. The molecule has 0 bridgehead atoms. The Morgan fingerprint density at radius 2 is 0.603 bits per heavy atom. The second-order valence-corrected chi connectivity index (χ2v) is 53.0. The van der Waals surface area contributed by atoms with Gasteiger partial charge in [-0.15, -0.1) is 0 Å². The highest BCUT2D eigenvalue weighted by Gasteiger charge is 2.38. The van der Waals surface area contributed by atoms with Crippen molar-refractivity contribution in [2.24, 2.45) is 5.14 Å². The number of hydroxylamine groups is 7. The van der Waals surface area contributed by atoms with Gasteiger partial charge in [0.2, 0.25) is 76.4 Å². The second-order valence-electron chi connectivity index (χ2n) is 40.6. The Morgan fingerprint density at radius 1 is 0.336 bits per heavy atom. The van der Waals surface area contributed by atoms with Crippen LogP contribution in [0.25, 0.3) is 0 Å². The van der Waals surface area contributed by atoms with Gasteiger partial charge >= 0.3 is 6.18 Å². The molecular weight excluding hydrogens is 2040 g/mol. The zero-order valence-electron chi connectivity index (χ0n) is 87.9. The molecule has 0 spiro atoms. The van der Waals surface area contributed by atoms with Crippen molar-refractivity contribution in [3.05, 3.63) is 233 Å². The maximum absolute atomic E-state index is 12.9. The number of primary sulfonamides is 1. The number of nitrogens with zero attached hydrogens (tertiary/aromatic N) is 14. The van der Waals surface area contributed by atoms with Gasteiger partial charge in [-0.25, -0.2) is 116 Å². The van der Waals surface area contributed by atoms with Gasteiger partial charge in [-0.05, 0) is 99.0 Å². The summed E-state index contributed by atoms with van der Waals surface area (Å²) in [4.78, 5) is 12.0. The molecule has 3 aliphatic rings. The quantitative estimate of drug-likeness (QED) is 0.0200. The van der Waals surface area contributed by atoms with Crippen LogP contribution >= 0.6 is 0 Å². The topological polar surface area (TPSA) is 535 Å². The van der Waals surface area contributed by atoms with Crippen LogP contribution in [0.5, 0.6) is 0 Å². The van der Waals surface area contributed by atoms with Crippen LogP contribution in [0.3, 0.4) is 0 Å². The van der Waals surface area contributed by atoms with E-state index in [4.69, 9.17) is 9.88 Å². The predicted molar refractivity (Wildman–Crippen MR) is 562 cm³/mol. The molecule has 0 unspecified atom stereocenters. The Hall–Kier alpha value is -10.3. The number of aromatic nitrogens is 2. The third-order valence-electron chi connectivity index (χ3n) is 21.0. The molecule has 3 fully saturated rings. The molecule has 146 heavy (non-hydrogen) atoms. The van der Waals surface area contributed by atoms with Crippen molar-refractivity contribution in [2.45, 2.75) is 245 Å². The number of benzene rings is 5. The fourth-order valence-corrected chi connectivity index (χ4v) is 21.2. The van der Waals surface area contributed by atoms with E-state index in [0.29, 0.717) is 133 Å². The summed E-state index contributed by atoms with van der Waals surface area (Å²) in [5, 5.41) is 89.0. The van der Waals surface area contributed by atoms with E-state index in [-0.39, 0.29) is 53.7 Å². The average Bonchev–Trinajstić information content (AvgIpc) is 0.783. The van der Waals surface area contributed by atoms with Gasteiger partial charge in [0.25, 0.3) is 0 Å². The number of pyridine rings is 2. The van der Waals surface area contributed by atoms with Crippen molar-refractivity contribution >= 4 is 114 Å². The van der Waals surface area contributed by atoms with E-state index in [2.05, 4.69) is 33.9 Å². The first-order valence-electron chi connectivity index (χ1n) is 46.4. The standard InChI is InChI=1S/C16H25N3O3S.C15H24N4O3S.C15H22N2O4S.C14H19F3N2O3S.C13H20N2O3S.C12H19N3O3S.C11H16N2O3S/c1-16(2,3)19(20)13-14-7-5-6-8-15(14)23(21,22)18-11-9-17(4)10-12-18;1-15(2,3)19(20)12-13-5-6-16-11-14(13)23(21,22)18-9-7-17(4)8-10-18;1-15(2,3)17(18)12-13-6-4-5-7-14(13)22(19,20)16-8-10-21-11-9-16;1-5-18-23(21,22)12-8-11(14(15,16)17)7-6-10(12)9-19(20)13(2,3)4;1-5-14-19(17,18)12-9-7-6-8-11(12)10-15(16)13(2,3)4;1-5-14-19(17,18)11-7-6-8-13-10(11)9-15(16)12(2,3)4;1-11(2,3)13(14)8-9-6-4-5-7-10(9)17(12,15)16/h5-8,13H,9-12H2,1-4H3;5-6,11-12H,7-10H2,1-4H3;4-7,12H,8-11H2,1-3H3;6-9,18H,5H2,1-4H3;6-10,14H,5H2,1-4H3;6-9,14H,5H2,1-4H3;4-8H,1-3H3,(H2,12,15,16)/b19-13-;19-12-;17-12-;19-9-;15-10-;15-9-;13-8-. The molecule has 40 nitrogen and oxygen atoms in total. The Kier molecular flexibility index (Phi) is 46.2. The molecule has 10 rings (SSSR count). The first-order valence-corrected chi connectivity index (χ1v) is 56.7. The van der Waals surface area contributed by atoms with Crippen LogP contribution in [0, 0.1) is 36.5 Å². The normalized spacial score (nSPS) is 16.1. The van der Waals surface area contributed by atoms with Crippen LogP contribution < -0.4 is 19.3 Å². The highest BCUT2D eigenvalue weighted by Crippen LogP contribution is 2.33. The van der Waals surface area contributed by atoms with Gasteiger partial charge in [-0.1, -0.05) is 69.3 Å². The lowest BCUT2D eigenvalue weighted by atomic mass is 10.1. The van der Waals surface area contributed by atoms with Crippen LogP contribution in [0.15, 0.2) is 186 Å². The number of hydrogen-bond donors (Lipinski definition) is 4. The van der Waals surface area contributed by atoms with Crippen molar-refractivity contribution in [2.75, 3.05) is 112 Å². The highest BCUT2D eigenvalue weighted by atomic mass is 32.2. The molecule has 2 aromatic heterocycles. The van der Waals surface area contributed by atoms with Crippen molar-refractivity contribution in [3.63, 3.8) is 0 Å². The van der Waals surface area contributed by atoms with Gasteiger partial charge in [0, 0.05) is 249 Å². The molecule has 5 aromatic carbocycles. The zero-order valence-corrected chi connectivity index (χ0v) is 93.6. The summed E-state index contributed by atoms with van der Waals surface area (Å²) in [5.74, 6) is 0. The molecule has 5 heterocycles. The summed E-state index contributed by atoms with van der Waals surface area (Å²) in [5.41, 5.74) is -3.86. The number of nitrogens with one attached hydrogen (secondary N) is 3. The molecule has 7 aromatic rings. The summed E-state index contributed by atoms with van der Waals surface area (Å²) in [6.45, 7) is 48.0. The van der Waals surface area contributed by atoms with Crippen LogP contribution in [-0.4, -0.2) is 319 Å². The lowest BCUT2D eigenvalue weighted by Gasteiger charge is -2.31. The Bertz CT molecular complexity index is 6440. The number of likely N-dealkylation sites (N-methyl/N-ethyl adjacent to an activating group) is 2. The summed E-state index contributed by atoms with van der Waals surface area (Å²) in [7, 11) is -22.1. The minimum absolute atomic E-state index is 0.00181. The summed E-state index contributed by atoms with van der Waals surface area (Å²) >= 11 is 0. The predicted octanol–water partition coefficient (Wildman–Crippen LogP) is 10.1. The van der Waals surface area contributed by atoms with Gasteiger partial charge in [-0.2, -0.15) is 26.1 Å². The van der Waals surface area contributed by atoms with E-state index in [1.165, 1.54) is 112 Å². The fourth-order valence-electron chi connectivity index (χ4n) is 12.1. The third-order valence-corrected chi connectivity index (χ3v) is 32.7. The van der Waals surface area contributed by atoms with E-state index >= 15 is 0 Å². The molecule has 0 amide bonds. The van der Waals surface area contributed by atoms with Crippen molar-refractivity contribution in [3.8, 4) is 0 Å². The minimum atomic E-state index is -4.68. The SMILES string of the molecule is CC(C)(C)/[N+]([O-])=C/c1ccccc1S(=O)(=O)N1CCOCC1.CC(C)(C)/[N+]([O-])=C/c1ccccc1S(N)(=O)=O.CCNS(=O)(=O)c1cc(C(F)(F)F)ccc1/C=[N+](\[O-])C(C)(C)C.CCNS(=O)(=O)c1ccccc1/C=[N+](\[O-])C(C)(C)C.CCNS(=O)(=O)c1cccnc1/C=[N+](\[O-])C(C)(C)C.CN1CCN(S(=O)(=O)c2ccccc2/C=[N+](\[O-])C(C)(C)C)CC1.CN1CCN(S(=O)(=O)c2cnccc2/C=[N+](\[O-])C(C)(C)C)CC1. The van der Waals surface area contributed by atoms with Crippen LogP contribution in [0.2, 0.25) is 0 Å². The number of alkyl halides is 3. The van der Waals surface area contributed by atoms with Crippen molar-refractivity contribution in [1.29, 1.82) is 0 Å². The Morgan fingerprint density at radius 3 is 0.932 bits per heavy atom. The summed E-state index contributed by atoms with van der Waals surface area (Å²) in [6.07, 6.45) is 8.32. The van der Waals surface area contributed by atoms with E-state index in [1.807, 2.05) is 14.1 Å². The number of sulfonamides is 7. The number of rotatable bonds is 23. The highest BCUT2D eigenvalue weighted by molar-refractivity contribution is 7.91. The first kappa shape index (κ1) is 128. The smallest absolute Gasteiger partial charge is 0.416 e. The molecular formula is C96H145F3N18O22S7. The Labute approximate surface area is 860 Å². The average molecular weight is 2180 g/mol. The van der Waals surface area contributed by atoms with E-state index < -0.39 is 126 Å². The summed E-state index contributed by atoms with van der Waals surface area (Å²) < 4.78 is 232. The Balaban J connectivity index is 0.000000356. The van der Waals surface area contributed by atoms with E-state index in [1.54, 1.807) is 238 Å². The molecule has 5 N–H and O–H groups in total. The van der Waals surface area contributed by atoms with Gasteiger partial charge in [0.1, 0.15) is 15.5 Å². The molecule has 0 radical (unpaired) electrons. The number of hydrogen-bond acceptors (Lipinski definition) is 26. The summed E-state index contributed by atoms with van der Waals surface area (Å²) in [6, 6.07) is 32.5. The van der Waals surface area contributed by atoms with Gasteiger partial charge in [0.15, 0.2) is 76.1 Å². The van der Waals surface area contributed by atoms with Crippen molar-refractivity contribution in [1.82, 2.24) is 46.8 Å². The number of ether oxygens (including phenoxy) is 1. The van der Waals surface area contributed by atoms with Crippen molar-refractivity contribution < 1.29 is 110 Å². The fraction of sp³-hybridized carbons (Fsp3) is 0.510. The molecule has 3 saturated heterocycles. The molecule has 814 valence electrons. The van der Waals surface area contributed by atoms with Crippen LogP contribution in [0.1, 0.15) is 211 Å². The minimum Gasteiger partial charge on any atom is -0.623 e. The van der Waals surface area contributed by atoms with Gasteiger partial charge in [0.05, 0.1) is 76.6 Å². The number of halogens is 3. The first-order chi connectivity index (χ1) is 66.7. The lowest BCUT2D eigenvalue weighted by Crippen LogP contribution is -2.47. The molecule has 0 saturated carbocycles. The third kappa shape index (κ3) is 39.3. The van der Waals surface area contributed by atoms with Crippen LogP contribution in [0.4, 0.5) is 13.2 Å². The lowest BCUT2D eigenvalue weighted by molar-refractivity contribution is -0.531. The largest absolute Gasteiger partial charge is 0.623 e. The van der Waals surface area contributed by atoms with Gasteiger partial charge in [-0.3, -0.25) is 4.98 Å². The maximum atomic E-state index is 12.9. The molecule has 3 aliphatic heterocycles. The van der Waals surface area contributed by atoms with Crippen LogP contribution in [-0.2, 0) is 81.1 Å².